The normalized spacial score (nSPS) is 20.2. The van der Waals surface area contributed by atoms with Crippen molar-refractivity contribution in [2.24, 2.45) is 5.41 Å². The van der Waals surface area contributed by atoms with Gasteiger partial charge in [-0.1, -0.05) is 56.3 Å². The zero-order valence-electron chi connectivity index (χ0n) is 18.1. The highest BCUT2D eigenvalue weighted by molar-refractivity contribution is 5.85. The standard InChI is InChI=1S/C25H29N5O/c1-25(2)14-20(10-11-22(25)31)29-23-19(15-26)16-28-24(30-23)27-13-12-18-8-5-7-17-6-3-4-9-21(17)18/h3-9,16,20,22,31H,10-14H2,1-2H3,(H2,27,28,29,30)/t20-,22+/m1/s1. The summed E-state index contributed by atoms with van der Waals surface area (Å²) in [4.78, 5) is 8.89. The van der Waals surface area contributed by atoms with Gasteiger partial charge in [0.15, 0.2) is 0 Å². The summed E-state index contributed by atoms with van der Waals surface area (Å²) in [5.74, 6) is 1.07. The molecule has 6 nitrogen and oxygen atoms in total. The molecule has 4 rings (SSSR count). The minimum Gasteiger partial charge on any atom is -0.393 e. The zero-order valence-corrected chi connectivity index (χ0v) is 18.1. The van der Waals surface area contributed by atoms with Crippen LogP contribution in [0.2, 0.25) is 0 Å². The number of fused-ring (bicyclic) bond motifs is 1. The van der Waals surface area contributed by atoms with E-state index in [1.54, 1.807) is 6.20 Å². The zero-order chi connectivity index (χ0) is 21.8. The van der Waals surface area contributed by atoms with Crippen molar-refractivity contribution >= 4 is 22.5 Å². The average Bonchev–Trinajstić information content (AvgIpc) is 2.76. The van der Waals surface area contributed by atoms with Crippen LogP contribution in [-0.2, 0) is 6.42 Å². The fourth-order valence-electron chi connectivity index (χ4n) is 4.42. The van der Waals surface area contributed by atoms with Crippen molar-refractivity contribution in [2.75, 3.05) is 17.2 Å². The van der Waals surface area contributed by atoms with Gasteiger partial charge in [0.05, 0.1) is 12.3 Å². The monoisotopic (exact) mass is 415 g/mol. The number of hydrogen-bond donors (Lipinski definition) is 3. The van der Waals surface area contributed by atoms with Gasteiger partial charge in [-0.2, -0.15) is 10.2 Å². The molecule has 1 fully saturated rings. The number of benzene rings is 2. The molecule has 6 heteroatoms. The van der Waals surface area contributed by atoms with E-state index in [0.717, 1.165) is 25.7 Å². The summed E-state index contributed by atoms with van der Waals surface area (Å²) in [5.41, 5.74) is 1.55. The van der Waals surface area contributed by atoms with Crippen LogP contribution in [0.25, 0.3) is 10.8 Å². The lowest BCUT2D eigenvalue weighted by Gasteiger charge is -2.40. The fraction of sp³-hybridized carbons (Fsp3) is 0.400. The van der Waals surface area contributed by atoms with E-state index >= 15 is 0 Å². The molecule has 0 spiro atoms. The van der Waals surface area contributed by atoms with Gasteiger partial charge in [0.25, 0.3) is 0 Å². The summed E-state index contributed by atoms with van der Waals surface area (Å²) in [6.07, 6.45) is 4.54. The molecule has 0 saturated heterocycles. The second-order valence-corrected chi connectivity index (χ2v) is 9.01. The molecule has 1 aromatic heterocycles. The van der Waals surface area contributed by atoms with Gasteiger partial charge in [-0.3, -0.25) is 0 Å². The Hall–Kier alpha value is -3.17. The molecular formula is C25H29N5O. The molecule has 0 aliphatic heterocycles. The lowest BCUT2D eigenvalue weighted by atomic mass is 9.73. The first-order valence-corrected chi connectivity index (χ1v) is 10.9. The molecule has 1 heterocycles. The Bertz CT molecular complexity index is 1100. The van der Waals surface area contributed by atoms with Crippen LogP contribution in [0.4, 0.5) is 11.8 Å². The van der Waals surface area contributed by atoms with Crippen molar-refractivity contribution in [3.63, 3.8) is 0 Å². The van der Waals surface area contributed by atoms with Crippen molar-refractivity contribution in [1.29, 1.82) is 5.26 Å². The summed E-state index contributed by atoms with van der Waals surface area (Å²) in [7, 11) is 0. The molecular weight excluding hydrogens is 386 g/mol. The van der Waals surface area contributed by atoms with Crippen LogP contribution in [0, 0.1) is 16.7 Å². The van der Waals surface area contributed by atoms with Crippen molar-refractivity contribution in [1.82, 2.24) is 9.97 Å². The number of aliphatic hydroxyl groups is 1. The molecule has 2 atom stereocenters. The lowest BCUT2D eigenvalue weighted by Crippen LogP contribution is -2.41. The third kappa shape index (κ3) is 4.78. The van der Waals surface area contributed by atoms with Crippen LogP contribution in [-0.4, -0.2) is 33.8 Å². The summed E-state index contributed by atoms with van der Waals surface area (Å²) in [6, 6.07) is 17.1. The van der Waals surface area contributed by atoms with Crippen molar-refractivity contribution in [2.45, 2.75) is 51.7 Å². The Labute approximate surface area is 183 Å². The Balaban J connectivity index is 1.43. The number of aliphatic hydroxyl groups excluding tert-OH is 1. The summed E-state index contributed by atoms with van der Waals surface area (Å²) in [6.45, 7) is 4.86. The van der Waals surface area contributed by atoms with Gasteiger partial charge >= 0.3 is 0 Å². The molecule has 0 radical (unpaired) electrons. The van der Waals surface area contributed by atoms with E-state index in [1.165, 1.54) is 16.3 Å². The minimum atomic E-state index is -0.294. The summed E-state index contributed by atoms with van der Waals surface area (Å²) >= 11 is 0. The summed E-state index contributed by atoms with van der Waals surface area (Å²) < 4.78 is 0. The first-order valence-electron chi connectivity index (χ1n) is 10.9. The highest BCUT2D eigenvalue weighted by Gasteiger charge is 2.35. The largest absolute Gasteiger partial charge is 0.393 e. The van der Waals surface area contributed by atoms with E-state index in [2.05, 4.69) is 83.0 Å². The number of nitrogens with zero attached hydrogens (tertiary/aromatic N) is 3. The van der Waals surface area contributed by atoms with Crippen molar-refractivity contribution < 1.29 is 5.11 Å². The van der Waals surface area contributed by atoms with Crippen LogP contribution in [0.5, 0.6) is 0 Å². The number of anilines is 2. The van der Waals surface area contributed by atoms with Crippen LogP contribution >= 0.6 is 0 Å². The van der Waals surface area contributed by atoms with Gasteiger partial charge in [0.1, 0.15) is 17.5 Å². The molecule has 3 aromatic rings. The van der Waals surface area contributed by atoms with Crippen LogP contribution in [0.3, 0.4) is 0 Å². The third-order valence-corrected chi connectivity index (χ3v) is 6.27. The van der Waals surface area contributed by atoms with Crippen LogP contribution in [0.15, 0.2) is 48.7 Å². The molecule has 31 heavy (non-hydrogen) atoms. The molecule has 1 saturated carbocycles. The highest BCUT2D eigenvalue weighted by atomic mass is 16.3. The van der Waals surface area contributed by atoms with Crippen LogP contribution in [0.1, 0.15) is 44.2 Å². The predicted molar refractivity (Wildman–Crippen MR) is 124 cm³/mol. The Morgan fingerprint density at radius 2 is 1.97 bits per heavy atom. The molecule has 2 aromatic carbocycles. The number of nitrogens with one attached hydrogen (secondary N) is 2. The second kappa shape index (κ2) is 8.91. The van der Waals surface area contributed by atoms with E-state index < -0.39 is 0 Å². The van der Waals surface area contributed by atoms with Crippen molar-refractivity contribution in [3.05, 3.63) is 59.8 Å². The molecule has 0 bridgehead atoms. The predicted octanol–water partition coefficient (Wildman–Crippen LogP) is 4.51. The van der Waals surface area contributed by atoms with Gasteiger partial charge in [-0.05, 0) is 47.4 Å². The fourth-order valence-corrected chi connectivity index (χ4v) is 4.42. The molecule has 160 valence electrons. The summed E-state index contributed by atoms with van der Waals surface area (Å²) in [5, 5.41) is 28.9. The smallest absolute Gasteiger partial charge is 0.224 e. The Morgan fingerprint density at radius 1 is 1.16 bits per heavy atom. The maximum atomic E-state index is 10.2. The third-order valence-electron chi connectivity index (χ3n) is 6.27. The maximum absolute atomic E-state index is 10.2. The highest BCUT2D eigenvalue weighted by Crippen LogP contribution is 2.37. The van der Waals surface area contributed by atoms with Gasteiger partial charge < -0.3 is 15.7 Å². The van der Waals surface area contributed by atoms with Gasteiger partial charge in [0.2, 0.25) is 5.95 Å². The Morgan fingerprint density at radius 3 is 2.77 bits per heavy atom. The van der Waals surface area contributed by atoms with Gasteiger partial charge in [-0.25, -0.2) is 4.98 Å². The van der Waals surface area contributed by atoms with E-state index in [4.69, 9.17) is 0 Å². The molecule has 0 amide bonds. The number of hydrogen-bond acceptors (Lipinski definition) is 6. The topological polar surface area (TPSA) is 93.9 Å². The first-order chi connectivity index (χ1) is 15.0. The number of nitriles is 1. The lowest BCUT2D eigenvalue weighted by molar-refractivity contribution is 0.00926. The van der Waals surface area contributed by atoms with Crippen LogP contribution < -0.4 is 10.6 Å². The number of aromatic nitrogens is 2. The maximum Gasteiger partial charge on any atom is 0.224 e. The van der Waals surface area contributed by atoms with E-state index in [0.29, 0.717) is 23.9 Å². The Kier molecular flexibility index (Phi) is 6.06. The molecule has 1 aliphatic rings. The SMILES string of the molecule is CC1(C)C[C@H](Nc2nc(NCCc3cccc4ccccc34)ncc2C#N)CC[C@@H]1O. The van der Waals surface area contributed by atoms with Crippen molar-refractivity contribution in [3.8, 4) is 6.07 Å². The first kappa shape index (κ1) is 21.1. The number of rotatable bonds is 6. The average molecular weight is 416 g/mol. The quantitative estimate of drug-likeness (QED) is 0.548. The second-order valence-electron chi connectivity index (χ2n) is 9.01. The minimum absolute atomic E-state index is 0.157. The van der Waals surface area contributed by atoms with E-state index in [-0.39, 0.29) is 17.6 Å². The van der Waals surface area contributed by atoms with E-state index in [9.17, 15) is 10.4 Å². The molecule has 3 N–H and O–H groups in total. The van der Waals surface area contributed by atoms with Gasteiger partial charge in [0, 0.05) is 12.6 Å². The molecule has 0 unspecified atom stereocenters. The van der Waals surface area contributed by atoms with E-state index in [1.807, 2.05) is 0 Å². The van der Waals surface area contributed by atoms with Gasteiger partial charge in [-0.15, -0.1) is 0 Å². The molecule has 1 aliphatic carbocycles.